The van der Waals surface area contributed by atoms with E-state index < -0.39 is 6.10 Å². The monoisotopic (exact) mass is 1140 g/mol. The number of ether oxygens (including phenoxy) is 3. The van der Waals surface area contributed by atoms with Crippen molar-refractivity contribution in [2.24, 2.45) is 0 Å². The highest BCUT2D eigenvalue weighted by molar-refractivity contribution is 5.71. The first kappa shape index (κ1) is 77.5. The van der Waals surface area contributed by atoms with Crippen molar-refractivity contribution in [1.82, 2.24) is 0 Å². The molecule has 0 amide bonds. The molecule has 1 atom stereocenters. The minimum Gasteiger partial charge on any atom is -0.462 e. The molecule has 6 heteroatoms. The van der Waals surface area contributed by atoms with Crippen LogP contribution in [0.5, 0.6) is 0 Å². The van der Waals surface area contributed by atoms with Crippen molar-refractivity contribution in [3.63, 3.8) is 0 Å². The van der Waals surface area contributed by atoms with Crippen LogP contribution in [-0.2, 0) is 28.6 Å². The summed E-state index contributed by atoms with van der Waals surface area (Å²) >= 11 is 0. The second kappa shape index (κ2) is 69.0. The molecule has 0 aromatic heterocycles. The van der Waals surface area contributed by atoms with Crippen LogP contribution < -0.4 is 0 Å². The van der Waals surface area contributed by atoms with Gasteiger partial charge in [-0.2, -0.15) is 0 Å². The molecule has 0 aromatic rings. The molecule has 0 spiro atoms. The summed E-state index contributed by atoms with van der Waals surface area (Å²) in [6.45, 7) is 6.32. The van der Waals surface area contributed by atoms with Crippen LogP contribution in [-0.4, -0.2) is 37.2 Å². The van der Waals surface area contributed by atoms with Gasteiger partial charge in [-0.1, -0.05) is 274 Å². The molecule has 0 saturated carbocycles. The zero-order valence-electron chi connectivity index (χ0n) is 53.1. The Kier molecular flexibility index (Phi) is 64.4. The Labute approximate surface area is 510 Å². The number of allylic oxidation sites excluding steroid dienone is 30. The molecule has 0 rings (SSSR count). The van der Waals surface area contributed by atoms with Gasteiger partial charge in [-0.05, 0) is 154 Å². The number of hydrogen-bond donors (Lipinski definition) is 0. The van der Waals surface area contributed by atoms with Crippen molar-refractivity contribution in [3.05, 3.63) is 182 Å². The summed E-state index contributed by atoms with van der Waals surface area (Å²) in [5.41, 5.74) is 0. The molecule has 0 aromatic carbocycles. The van der Waals surface area contributed by atoms with Gasteiger partial charge in [-0.25, -0.2) is 0 Å². The van der Waals surface area contributed by atoms with Gasteiger partial charge in [0.05, 0.1) is 0 Å². The zero-order valence-corrected chi connectivity index (χ0v) is 53.1. The number of rotatable bonds is 58. The van der Waals surface area contributed by atoms with E-state index in [1.807, 2.05) is 0 Å². The number of hydrogen-bond acceptors (Lipinski definition) is 6. The average molecular weight is 1140 g/mol. The van der Waals surface area contributed by atoms with E-state index in [0.29, 0.717) is 19.3 Å². The van der Waals surface area contributed by atoms with E-state index in [1.165, 1.54) is 57.8 Å². The van der Waals surface area contributed by atoms with Crippen LogP contribution in [0.25, 0.3) is 0 Å². The van der Waals surface area contributed by atoms with Gasteiger partial charge in [-0.15, -0.1) is 0 Å². The van der Waals surface area contributed by atoms with Gasteiger partial charge in [0, 0.05) is 19.3 Å². The smallest absolute Gasteiger partial charge is 0.306 e. The van der Waals surface area contributed by atoms with Crippen LogP contribution in [0.1, 0.15) is 265 Å². The molecule has 6 nitrogen and oxygen atoms in total. The van der Waals surface area contributed by atoms with Crippen molar-refractivity contribution < 1.29 is 28.6 Å². The van der Waals surface area contributed by atoms with Crippen molar-refractivity contribution in [2.75, 3.05) is 13.2 Å². The quantitative estimate of drug-likeness (QED) is 0.0261. The molecule has 0 bridgehead atoms. The van der Waals surface area contributed by atoms with Gasteiger partial charge in [-0.3, -0.25) is 14.4 Å². The van der Waals surface area contributed by atoms with Crippen molar-refractivity contribution in [2.45, 2.75) is 271 Å². The number of unbranched alkanes of at least 4 members (excludes halogenated alkanes) is 17. The van der Waals surface area contributed by atoms with Crippen LogP contribution in [0.2, 0.25) is 0 Å². The summed E-state index contributed by atoms with van der Waals surface area (Å²) in [5.74, 6) is -1.00. The van der Waals surface area contributed by atoms with Crippen LogP contribution in [0, 0.1) is 0 Å². The standard InChI is InChI=1S/C77H120O6/c1-4-7-10-13-16-19-22-25-27-29-30-31-32-33-34-35-36-37-38-39-40-41-42-43-44-45-46-48-49-52-55-58-61-64-67-70-76(79)82-73-74(72-81-75(78)69-66-63-60-57-54-51-24-21-18-15-12-9-6-3)83-77(80)71-68-65-62-59-56-53-50-47-28-26-23-20-17-14-11-8-5-2/h7-8,10-11,16-17,19-21,24-28,30-31,33-34,36-37,39-40,42-43,45-46,50,53,59,62,74H,4-6,9,12-15,18,22-23,29,32,35,38,41,44,47-49,51-52,54-58,60-61,63-73H2,1-3H3/b10-7-,11-8-,19-16-,20-17-,24-21-,27-25-,28-26-,31-30-,34-33-,37-36-,40-39-,43-42-,46-45-,53-50-,62-59-. The number of carbonyl (C=O) groups is 3. The molecule has 0 aliphatic heterocycles. The molecular formula is C77H120O6. The number of carbonyl (C=O) groups excluding carboxylic acids is 3. The number of esters is 3. The molecule has 0 fully saturated rings. The Bertz CT molecular complexity index is 1940. The molecule has 0 heterocycles. The summed E-state index contributed by atoms with van der Waals surface area (Å²) in [6, 6.07) is 0. The fourth-order valence-electron chi connectivity index (χ4n) is 8.46. The van der Waals surface area contributed by atoms with Crippen LogP contribution in [0.4, 0.5) is 0 Å². The van der Waals surface area contributed by atoms with Crippen LogP contribution in [0.3, 0.4) is 0 Å². The lowest BCUT2D eigenvalue weighted by Gasteiger charge is -2.18. The zero-order chi connectivity index (χ0) is 59.9. The third kappa shape index (κ3) is 67.2. The summed E-state index contributed by atoms with van der Waals surface area (Å²) in [6.07, 6.45) is 103. The Hall–Kier alpha value is -5.49. The Morgan fingerprint density at radius 1 is 0.253 bits per heavy atom. The lowest BCUT2D eigenvalue weighted by atomic mass is 10.1. The Morgan fingerprint density at radius 3 is 0.783 bits per heavy atom. The largest absolute Gasteiger partial charge is 0.462 e. The minimum absolute atomic E-state index is 0.116. The molecule has 0 aliphatic rings. The maximum Gasteiger partial charge on any atom is 0.306 e. The Morgan fingerprint density at radius 2 is 0.482 bits per heavy atom. The molecule has 0 N–H and O–H groups in total. The first-order chi connectivity index (χ1) is 41.0. The molecule has 1 unspecified atom stereocenters. The van der Waals surface area contributed by atoms with E-state index in [0.717, 1.165) is 161 Å². The van der Waals surface area contributed by atoms with E-state index >= 15 is 0 Å². The van der Waals surface area contributed by atoms with Crippen molar-refractivity contribution >= 4 is 17.9 Å². The van der Waals surface area contributed by atoms with Crippen LogP contribution >= 0.6 is 0 Å². The summed E-state index contributed by atoms with van der Waals surface area (Å²) in [5, 5.41) is 0. The third-order valence-electron chi connectivity index (χ3n) is 13.4. The molecule has 0 saturated heterocycles. The lowest BCUT2D eigenvalue weighted by Crippen LogP contribution is -2.30. The van der Waals surface area contributed by atoms with E-state index in [1.54, 1.807) is 0 Å². The SMILES string of the molecule is CC/C=C\C/C=C\C/C=C\C/C=C\C/C=C\C/C=C\C/C=C\C/C=C\C/C=C\CCCCCCCCCC(=O)OCC(COC(=O)CCCCCCC/C=C\CCCCCC)OC(=O)CCC/C=C\C/C=C\C/C=C\C/C=C\C/C=C\CC. The second-order valence-electron chi connectivity index (χ2n) is 21.3. The van der Waals surface area contributed by atoms with Gasteiger partial charge in [0.2, 0.25) is 0 Å². The topological polar surface area (TPSA) is 78.9 Å². The second-order valence-corrected chi connectivity index (χ2v) is 21.3. The average Bonchev–Trinajstić information content (AvgIpc) is 3.49. The van der Waals surface area contributed by atoms with E-state index in [9.17, 15) is 14.4 Å². The highest BCUT2D eigenvalue weighted by Crippen LogP contribution is 2.14. The molecular weight excluding hydrogens is 1020 g/mol. The van der Waals surface area contributed by atoms with Crippen molar-refractivity contribution in [3.8, 4) is 0 Å². The van der Waals surface area contributed by atoms with Gasteiger partial charge in [0.25, 0.3) is 0 Å². The predicted molar refractivity (Wildman–Crippen MR) is 361 cm³/mol. The highest BCUT2D eigenvalue weighted by atomic mass is 16.6. The molecule has 0 radical (unpaired) electrons. The molecule has 464 valence electrons. The first-order valence-corrected chi connectivity index (χ1v) is 33.3. The summed E-state index contributed by atoms with van der Waals surface area (Å²) in [7, 11) is 0. The van der Waals surface area contributed by atoms with E-state index in [4.69, 9.17) is 14.2 Å². The fraction of sp³-hybridized carbons (Fsp3) is 0.571. The minimum atomic E-state index is -0.826. The van der Waals surface area contributed by atoms with Crippen LogP contribution in [0.15, 0.2) is 182 Å². The van der Waals surface area contributed by atoms with E-state index in [2.05, 4.69) is 203 Å². The van der Waals surface area contributed by atoms with Crippen molar-refractivity contribution in [1.29, 1.82) is 0 Å². The normalized spacial score (nSPS) is 13.3. The maximum atomic E-state index is 12.9. The fourth-order valence-corrected chi connectivity index (χ4v) is 8.46. The van der Waals surface area contributed by atoms with Gasteiger partial charge < -0.3 is 14.2 Å². The third-order valence-corrected chi connectivity index (χ3v) is 13.4. The highest BCUT2D eigenvalue weighted by Gasteiger charge is 2.19. The van der Waals surface area contributed by atoms with Gasteiger partial charge >= 0.3 is 17.9 Å². The predicted octanol–water partition coefficient (Wildman–Crippen LogP) is 23.2. The maximum absolute atomic E-state index is 12.9. The van der Waals surface area contributed by atoms with Gasteiger partial charge in [0.1, 0.15) is 13.2 Å². The molecule has 83 heavy (non-hydrogen) atoms. The van der Waals surface area contributed by atoms with Gasteiger partial charge in [0.15, 0.2) is 6.10 Å². The molecule has 0 aliphatic carbocycles. The first-order valence-electron chi connectivity index (χ1n) is 33.3. The summed E-state index contributed by atoms with van der Waals surface area (Å²) in [4.78, 5) is 38.3. The lowest BCUT2D eigenvalue weighted by molar-refractivity contribution is -0.167. The Balaban J connectivity index is 4.36. The van der Waals surface area contributed by atoms with E-state index in [-0.39, 0.29) is 37.5 Å². The summed E-state index contributed by atoms with van der Waals surface area (Å²) < 4.78 is 16.8.